The van der Waals surface area contributed by atoms with Crippen LogP contribution in [0.2, 0.25) is 0 Å². The van der Waals surface area contributed by atoms with Gasteiger partial charge >= 0.3 is 5.97 Å². The van der Waals surface area contributed by atoms with Crippen LogP contribution in [0.1, 0.15) is 48.8 Å². The summed E-state index contributed by atoms with van der Waals surface area (Å²) in [5.41, 5.74) is 3.94. The van der Waals surface area contributed by atoms with Gasteiger partial charge in [0.25, 0.3) is 0 Å². The number of allylic oxidation sites excluding steroid dienone is 2. The number of H-pyrrole nitrogens is 1. The highest BCUT2D eigenvalue weighted by molar-refractivity contribution is 5.86. The molecule has 2 amide bonds. The van der Waals surface area contributed by atoms with Gasteiger partial charge in [-0.1, -0.05) is 72.8 Å². The van der Waals surface area contributed by atoms with Crippen LogP contribution in [-0.4, -0.2) is 53.2 Å². The summed E-state index contributed by atoms with van der Waals surface area (Å²) in [4.78, 5) is 42.4. The van der Waals surface area contributed by atoms with Gasteiger partial charge in [-0.05, 0) is 67.0 Å². The summed E-state index contributed by atoms with van der Waals surface area (Å²) >= 11 is 0. The molecule has 9 heteroatoms. The summed E-state index contributed by atoms with van der Waals surface area (Å²) in [5, 5.41) is 17.0. The molecule has 0 aliphatic heterocycles. The molecule has 4 rings (SSSR count). The number of aliphatic hydroxyl groups is 1. The summed E-state index contributed by atoms with van der Waals surface area (Å²) < 4.78 is 11.4. The van der Waals surface area contributed by atoms with Crippen LogP contribution in [0.3, 0.4) is 0 Å². The minimum Gasteiger partial charge on any atom is -0.489 e. The third kappa shape index (κ3) is 12.1. The number of aliphatic hydroxyl groups excluding tert-OH is 1. The quantitative estimate of drug-likeness (QED) is 0.0493. The number of carbonyl (C=O) groups is 3. The Morgan fingerprint density at radius 3 is 2.35 bits per heavy atom. The Kier molecular flexibility index (Phi) is 14.7. The number of hydrogen-bond donors (Lipinski definition) is 4. The number of aromatic nitrogens is 1. The third-order valence-electron chi connectivity index (χ3n) is 8.22. The van der Waals surface area contributed by atoms with Gasteiger partial charge in [0, 0.05) is 29.9 Å². The lowest BCUT2D eigenvalue weighted by molar-refractivity contribution is -0.145. The molecule has 4 N–H and O–H groups in total. The van der Waals surface area contributed by atoms with Crippen molar-refractivity contribution >= 4 is 28.7 Å². The van der Waals surface area contributed by atoms with Crippen molar-refractivity contribution in [1.29, 1.82) is 0 Å². The van der Waals surface area contributed by atoms with Gasteiger partial charge in [-0.2, -0.15) is 0 Å². The summed E-state index contributed by atoms with van der Waals surface area (Å²) in [6.07, 6.45) is 7.88. The number of amides is 2. The molecule has 1 aromatic heterocycles. The first kappa shape index (κ1) is 36.7. The van der Waals surface area contributed by atoms with Gasteiger partial charge in [-0.3, -0.25) is 14.4 Å². The summed E-state index contributed by atoms with van der Waals surface area (Å²) in [7, 11) is 0. The molecule has 258 valence electrons. The molecule has 0 aliphatic rings. The smallest absolute Gasteiger partial charge is 0.305 e. The SMILES string of the molecule is C=CCCCC(=O)OCC(Cc1c[nH]c2ccccc12)NC(=O)C(CC=C)CC(=O)NC(CO)Cc1ccc(OCc2ccccc2)cc1. The van der Waals surface area contributed by atoms with Crippen molar-refractivity contribution in [1.82, 2.24) is 15.6 Å². The molecule has 1 heterocycles. The van der Waals surface area contributed by atoms with E-state index in [4.69, 9.17) is 9.47 Å². The van der Waals surface area contributed by atoms with Gasteiger partial charge < -0.3 is 30.2 Å². The highest BCUT2D eigenvalue weighted by atomic mass is 16.5. The molecular formula is C40H47N3O6. The second-order valence-electron chi connectivity index (χ2n) is 12.1. The fourth-order valence-corrected chi connectivity index (χ4v) is 5.60. The average molecular weight is 666 g/mol. The first-order valence-corrected chi connectivity index (χ1v) is 16.8. The zero-order valence-corrected chi connectivity index (χ0v) is 27.9. The summed E-state index contributed by atoms with van der Waals surface area (Å²) in [6.45, 7) is 7.66. The van der Waals surface area contributed by atoms with Gasteiger partial charge in [0.05, 0.1) is 24.6 Å². The highest BCUT2D eigenvalue weighted by Gasteiger charge is 2.26. The molecule has 3 unspecified atom stereocenters. The third-order valence-corrected chi connectivity index (χ3v) is 8.22. The van der Waals surface area contributed by atoms with E-state index in [0.29, 0.717) is 32.3 Å². The van der Waals surface area contributed by atoms with Crippen molar-refractivity contribution in [2.75, 3.05) is 13.2 Å². The zero-order valence-electron chi connectivity index (χ0n) is 27.9. The Morgan fingerprint density at radius 2 is 1.61 bits per heavy atom. The minimum absolute atomic E-state index is 0.00610. The van der Waals surface area contributed by atoms with E-state index >= 15 is 0 Å². The predicted molar refractivity (Wildman–Crippen MR) is 192 cm³/mol. The second-order valence-corrected chi connectivity index (χ2v) is 12.1. The van der Waals surface area contributed by atoms with Crippen LogP contribution >= 0.6 is 0 Å². The number of aromatic amines is 1. The van der Waals surface area contributed by atoms with E-state index in [-0.39, 0.29) is 50.3 Å². The molecule has 3 aromatic carbocycles. The van der Waals surface area contributed by atoms with Crippen LogP contribution in [0.15, 0.2) is 110 Å². The molecule has 4 aromatic rings. The molecule has 9 nitrogen and oxygen atoms in total. The van der Waals surface area contributed by atoms with Crippen molar-refractivity contribution < 1.29 is 29.0 Å². The Balaban J connectivity index is 1.34. The van der Waals surface area contributed by atoms with Crippen molar-refractivity contribution in [3.8, 4) is 5.75 Å². The Bertz CT molecular complexity index is 1650. The maximum atomic E-state index is 13.6. The van der Waals surface area contributed by atoms with Crippen LogP contribution in [0.4, 0.5) is 0 Å². The number of ether oxygens (including phenoxy) is 2. The van der Waals surface area contributed by atoms with Crippen LogP contribution in [0, 0.1) is 5.92 Å². The fraction of sp³-hybridized carbons (Fsp3) is 0.325. The molecule has 0 fully saturated rings. The number of fused-ring (bicyclic) bond motifs is 1. The normalized spacial score (nSPS) is 12.8. The minimum atomic E-state index is -0.702. The Morgan fingerprint density at radius 1 is 0.857 bits per heavy atom. The van der Waals surface area contributed by atoms with E-state index in [1.54, 1.807) is 12.2 Å². The van der Waals surface area contributed by atoms with E-state index < -0.39 is 18.0 Å². The van der Waals surface area contributed by atoms with Crippen molar-refractivity contribution in [2.24, 2.45) is 5.92 Å². The maximum absolute atomic E-state index is 13.6. The lowest BCUT2D eigenvalue weighted by atomic mass is 9.97. The van der Waals surface area contributed by atoms with E-state index in [1.807, 2.05) is 85.1 Å². The second kappa shape index (κ2) is 19.6. The molecule has 0 saturated heterocycles. The molecular weight excluding hydrogens is 618 g/mol. The van der Waals surface area contributed by atoms with Gasteiger partial charge in [-0.25, -0.2) is 0 Å². The van der Waals surface area contributed by atoms with E-state index in [9.17, 15) is 19.5 Å². The van der Waals surface area contributed by atoms with Crippen LogP contribution in [0.5, 0.6) is 5.75 Å². The molecule has 3 atom stereocenters. The molecule has 0 bridgehead atoms. The van der Waals surface area contributed by atoms with Crippen molar-refractivity contribution in [2.45, 2.75) is 63.6 Å². The molecule has 0 saturated carbocycles. The topological polar surface area (TPSA) is 130 Å². The van der Waals surface area contributed by atoms with Gasteiger partial charge in [-0.15, -0.1) is 13.2 Å². The molecule has 0 spiro atoms. The maximum Gasteiger partial charge on any atom is 0.305 e. The number of rotatable bonds is 21. The first-order chi connectivity index (χ1) is 23.9. The van der Waals surface area contributed by atoms with Gasteiger partial charge in [0.15, 0.2) is 0 Å². The van der Waals surface area contributed by atoms with Crippen molar-refractivity contribution in [3.63, 3.8) is 0 Å². The van der Waals surface area contributed by atoms with Crippen LogP contribution in [0.25, 0.3) is 10.9 Å². The number of para-hydroxylation sites is 1. The van der Waals surface area contributed by atoms with Crippen molar-refractivity contribution in [3.05, 3.63) is 127 Å². The number of esters is 1. The number of benzene rings is 3. The van der Waals surface area contributed by atoms with E-state index in [0.717, 1.165) is 33.3 Å². The number of unbranched alkanes of at least 4 members (excludes halogenated alkanes) is 1. The summed E-state index contributed by atoms with van der Waals surface area (Å²) in [5.74, 6) is -1.01. The Labute approximate surface area is 288 Å². The van der Waals surface area contributed by atoms with Gasteiger partial charge in [0.1, 0.15) is 19.0 Å². The average Bonchev–Trinajstić information content (AvgIpc) is 3.52. The van der Waals surface area contributed by atoms with Crippen LogP contribution < -0.4 is 15.4 Å². The number of nitrogens with one attached hydrogen (secondary N) is 3. The van der Waals surface area contributed by atoms with E-state index in [2.05, 4.69) is 28.8 Å². The highest BCUT2D eigenvalue weighted by Crippen LogP contribution is 2.20. The molecule has 0 radical (unpaired) electrons. The number of hydrogen-bond acceptors (Lipinski definition) is 6. The Hall–Kier alpha value is -5.15. The standard InChI is InChI=1S/C40H47N3O6/c1-3-5-7-17-39(46)49-28-34(23-32-25-41-37-16-11-10-15-36(32)37)43-40(47)31(12-4-2)24-38(45)42-33(26-44)22-29-18-20-35(21-19-29)48-27-30-13-8-6-9-14-30/h3-4,6,8-11,13-16,18-21,25,31,33-34,41,44H,1-2,5,7,12,17,22-24,26-28H2,(H,42,45)(H,43,47). The first-order valence-electron chi connectivity index (χ1n) is 16.8. The van der Waals surface area contributed by atoms with Gasteiger partial charge in [0.2, 0.25) is 11.8 Å². The lowest BCUT2D eigenvalue weighted by Crippen LogP contribution is -2.45. The zero-order chi connectivity index (χ0) is 34.8. The summed E-state index contributed by atoms with van der Waals surface area (Å²) in [6, 6.07) is 24.2. The largest absolute Gasteiger partial charge is 0.489 e. The molecule has 0 aliphatic carbocycles. The number of carbonyl (C=O) groups excluding carboxylic acids is 3. The monoisotopic (exact) mass is 665 g/mol. The van der Waals surface area contributed by atoms with E-state index in [1.165, 1.54) is 0 Å². The lowest BCUT2D eigenvalue weighted by Gasteiger charge is -2.23. The van der Waals surface area contributed by atoms with Crippen LogP contribution in [-0.2, 0) is 38.6 Å². The predicted octanol–water partition coefficient (Wildman–Crippen LogP) is 5.98. The fourth-order valence-electron chi connectivity index (χ4n) is 5.60. The molecule has 49 heavy (non-hydrogen) atoms.